The Bertz CT molecular complexity index is 454. The number of hydrogen-bond acceptors (Lipinski definition) is 0. The van der Waals surface area contributed by atoms with Gasteiger partial charge in [-0.15, -0.1) is 0 Å². The van der Waals surface area contributed by atoms with Crippen LogP contribution in [-0.2, 0) is 0 Å². The van der Waals surface area contributed by atoms with Crippen molar-refractivity contribution in [2.24, 2.45) is 0 Å². The highest BCUT2D eigenvalue weighted by molar-refractivity contribution is 9.10. The van der Waals surface area contributed by atoms with Crippen molar-refractivity contribution in [2.45, 2.75) is 6.92 Å². The van der Waals surface area contributed by atoms with E-state index in [4.69, 9.17) is 0 Å². The minimum absolute atomic E-state index is 0.185. The lowest BCUT2D eigenvalue weighted by molar-refractivity contribution is 0.612. The van der Waals surface area contributed by atoms with Crippen molar-refractivity contribution >= 4 is 15.9 Å². The molecule has 2 aromatic rings. The molecule has 0 bridgehead atoms. The monoisotopic (exact) mass is 264 g/mol. The molecule has 0 nitrogen and oxygen atoms in total. The fourth-order valence-corrected chi connectivity index (χ4v) is 2.08. The fourth-order valence-electron chi connectivity index (χ4n) is 1.52. The molecule has 2 rings (SSSR count). The van der Waals surface area contributed by atoms with Gasteiger partial charge in [0.1, 0.15) is 5.82 Å². The average Bonchev–Trinajstić information content (AvgIpc) is 2.26. The molecule has 0 aliphatic carbocycles. The van der Waals surface area contributed by atoms with Gasteiger partial charge in [0.2, 0.25) is 0 Å². The molecule has 0 atom stereocenters. The van der Waals surface area contributed by atoms with Crippen molar-refractivity contribution in [3.63, 3.8) is 0 Å². The first kappa shape index (κ1) is 10.4. The van der Waals surface area contributed by atoms with Crippen LogP contribution in [0.1, 0.15) is 5.56 Å². The molecule has 15 heavy (non-hydrogen) atoms. The molecule has 0 aromatic heterocycles. The molecular weight excluding hydrogens is 255 g/mol. The predicted molar refractivity (Wildman–Crippen MR) is 64.3 cm³/mol. The summed E-state index contributed by atoms with van der Waals surface area (Å²) in [5, 5.41) is 0. The maximum absolute atomic E-state index is 13.4. The fraction of sp³-hybridized carbons (Fsp3) is 0.0769. The first-order valence-electron chi connectivity index (χ1n) is 4.69. The first-order chi connectivity index (χ1) is 7.18. The quantitative estimate of drug-likeness (QED) is 0.708. The molecule has 0 heterocycles. The Kier molecular flexibility index (Phi) is 2.87. The van der Waals surface area contributed by atoms with E-state index in [0.717, 1.165) is 11.1 Å². The second kappa shape index (κ2) is 4.15. The molecule has 0 aliphatic rings. The summed E-state index contributed by atoms with van der Waals surface area (Å²) in [5.74, 6) is -0.185. The van der Waals surface area contributed by atoms with Crippen LogP contribution >= 0.6 is 15.9 Å². The van der Waals surface area contributed by atoms with Gasteiger partial charge in [0.15, 0.2) is 0 Å². The van der Waals surface area contributed by atoms with Gasteiger partial charge in [-0.2, -0.15) is 0 Å². The first-order valence-corrected chi connectivity index (χ1v) is 5.49. The van der Waals surface area contributed by atoms with Crippen molar-refractivity contribution in [1.29, 1.82) is 0 Å². The van der Waals surface area contributed by atoms with E-state index in [-0.39, 0.29) is 5.82 Å². The van der Waals surface area contributed by atoms with E-state index < -0.39 is 0 Å². The Morgan fingerprint density at radius 3 is 2.27 bits per heavy atom. The molecule has 2 aromatic carbocycles. The molecule has 0 N–H and O–H groups in total. The third-order valence-corrected chi connectivity index (χ3v) is 2.89. The number of benzene rings is 2. The summed E-state index contributed by atoms with van der Waals surface area (Å²) in [7, 11) is 0. The van der Waals surface area contributed by atoms with Gasteiger partial charge in [0, 0.05) is 0 Å². The molecule has 0 saturated carbocycles. The third kappa shape index (κ3) is 2.10. The van der Waals surface area contributed by atoms with Gasteiger partial charge in [-0.25, -0.2) is 4.39 Å². The summed E-state index contributed by atoms with van der Waals surface area (Å²) < 4.78 is 13.9. The molecule has 0 unspecified atom stereocenters. The van der Waals surface area contributed by atoms with Crippen LogP contribution in [0.2, 0.25) is 0 Å². The van der Waals surface area contributed by atoms with Gasteiger partial charge < -0.3 is 0 Å². The molecule has 0 radical (unpaired) electrons. The summed E-state index contributed by atoms with van der Waals surface area (Å²) >= 11 is 3.22. The van der Waals surface area contributed by atoms with Crippen molar-refractivity contribution < 1.29 is 4.39 Å². The Hall–Kier alpha value is -1.15. The van der Waals surface area contributed by atoms with Crippen LogP contribution < -0.4 is 0 Å². The molecule has 0 fully saturated rings. The smallest absolute Gasteiger partial charge is 0.140 e. The van der Waals surface area contributed by atoms with Crippen molar-refractivity contribution in [3.8, 4) is 11.1 Å². The highest BCUT2D eigenvalue weighted by atomic mass is 79.9. The largest absolute Gasteiger partial charge is 0.205 e. The maximum Gasteiger partial charge on any atom is 0.140 e. The average molecular weight is 265 g/mol. The van der Waals surface area contributed by atoms with Gasteiger partial charge in [0.25, 0.3) is 0 Å². The molecule has 76 valence electrons. The van der Waals surface area contributed by atoms with E-state index >= 15 is 0 Å². The van der Waals surface area contributed by atoms with E-state index in [0.29, 0.717) is 10.0 Å². The van der Waals surface area contributed by atoms with Crippen molar-refractivity contribution in [1.82, 2.24) is 0 Å². The van der Waals surface area contributed by atoms with Crippen LogP contribution in [0.25, 0.3) is 11.1 Å². The standard InChI is InChI=1S/C13H10BrF/c1-9-7-11(8-12(14)13(9)15)10-5-3-2-4-6-10/h2-8H,1H3. The maximum atomic E-state index is 13.4. The van der Waals surface area contributed by atoms with Gasteiger partial charge in [0.05, 0.1) is 4.47 Å². The second-order valence-electron chi connectivity index (χ2n) is 3.45. The van der Waals surface area contributed by atoms with E-state index in [1.165, 1.54) is 0 Å². The van der Waals surface area contributed by atoms with Crippen LogP contribution in [-0.4, -0.2) is 0 Å². The molecule has 0 spiro atoms. The Balaban J connectivity index is 2.56. The van der Waals surface area contributed by atoms with E-state index in [1.807, 2.05) is 36.4 Å². The summed E-state index contributed by atoms with van der Waals surface area (Å²) in [4.78, 5) is 0. The van der Waals surface area contributed by atoms with Crippen molar-refractivity contribution in [2.75, 3.05) is 0 Å². The van der Waals surface area contributed by atoms with Crippen LogP contribution in [0, 0.1) is 12.7 Å². The summed E-state index contributed by atoms with van der Waals surface area (Å²) in [6.45, 7) is 1.77. The lowest BCUT2D eigenvalue weighted by atomic mass is 10.0. The second-order valence-corrected chi connectivity index (χ2v) is 4.31. The lowest BCUT2D eigenvalue weighted by Crippen LogP contribution is -1.86. The Morgan fingerprint density at radius 1 is 1.00 bits per heavy atom. The van der Waals surface area contributed by atoms with E-state index in [2.05, 4.69) is 15.9 Å². The zero-order valence-electron chi connectivity index (χ0n) is 8.30. The van der Waals surface area contributed by atoms with Crippen LogP contribution in [0.3, 0.4) is 0 Å². The minimum atomic E-state index is -0.185. The van der Waals surface area contributed by atoms with Gasteiger partial charge in [-0.1, -0.05) is 30.3 Å². The topological polar surface area (TPSA) is 0 Å². The molecule has 0 amide bonds. The Labute approximate surface area is 96.9 Å². The molecule has 0 saturated heterocycles. The number of aryl methyl sites for hydroxylation is 1. The summed E-state index contributed by atoms with van der Waals surface area (Å²) in [6, 6.07) is 13.6. The van der Waals surface area contributed by atoms with Gasteiger partial charge >= 0.3 is 0 Å². The zero-order valence-corrected chi connectivity index (χ0v) is 9.88. The lowest BCUT2D eigenvalue weighted by Gasteiger charge is -2.05. The summed E-state index contributed by atoms with van der Waals surface area (Å²) in [6.07, 6.45) is 0. The van der Waals surface area contributed by atoms with Crippen LogP contribution in [0.15, 0.2) is 46.9 Å². The van der Waals surface area contributed by atoms with Gasteiger partial charge in [-0.3, -0.25) is 0 Å². The third-order valence-electron chi connectivity index (χ3n) is 2.32. The van der Waals surface area contributed by atoms with Crippen molar-refractivity contribution in [3.05, 3.63) is 58.3 Å². The highest BCUT2D eigenvalue weighted by Crippen LogP contribution is 2.27. The van der Waals surface area contributed by atoms with E-state index in [1.54, 1.807) is 13.0 Å². The Morgan fingerprint density at radius 2 is 1.67 bits per heavy atom. The molecule has 0 aliphatic heterocycles. The number of hydrogen-bond donors (Lipinski definition) is 0. The highest BCUT2D eigenvalue weighted by Gasteiger charge is 2.06. The normalized spacial score (nSPS) is 10.3. The summed E-state index contributed by atoms with van der Waals surface area (Å²) in [5.41, 5.74) is 2.78. The predicted octanol–water partition coefficient (Wildman–Crippen LogP) is 4.56. The molecular formula is C13H10BrF. The van der Waals surface area contributed by atoms with E-state index in [9.17, 15) is 4.39 Å². The minimum Gasteiger partial charge on any atom is -0.205 e. The van der Waals surface area contributed by atoms with Crippen LogP contribution in [0.5, 0.6) is 0 Å². The zero-order chi connectivity index (χ0) is 10.8. The SMILES string of the molecule is Cc1cc(-c2ccccc2)cc(Br)c1F. The number of halogens is 2. The molecule has 2 heteroatoms. The van der Waals surface area contributed by atoms with Crippen LogP contribution in [0.4, 0.5) is 4.39 Å². The van der Waals surface area contributed by atoms with Gasteiger partial charge in [-0.05, 0) is 51.7 Å². The number of rotatable bonds is 1.